The molecule has 1 aromatic heterocycles. The van der Waals surface area contributed by atoms with Gasteiger partial charge < -0.3 is 5.32 Å². The van der Waals surface area contributed by atoms with Crippen LogP contribution in [0.5, 0.6) is 0 Å². The Bertz CT molecular complexity index is 457. The van der Waals surface area contributed by atoms with Crippen LogP contribution >= 0.6 is 11.6 Å². The van der Waals surface area contributed by atoms with Crippen LogP contribution in [0.1, 0.15) is 38.4 Å². The molecule has 1 N–H and O–H groups in total. The monoisotopic (exact) mass is 298 g/mol. The first kappa shape index (κ1) is 15.8. The lowest BCUT2D eigenvalue weighted by Gasteiger charge is -2.42. The van der Waals surface area contributed by atoms with E-state index in [2.05, 4.69) is 36.1 Å². The van der Waals surface area contributed by atoms with Gasteiger partial charge >= 0.3 is 0 Å². The largest absolute Gasteiger partial charge is 0.311 e. The summed E-state index contributed by atoms with van der Waals surface area (Å²) in [4.78, 5) is 2.57. The van der Waals surface area contributed by atoms with Crippen molar-refractivity contribution in [3.8, 4) is 0 Å². The molecule has 0 spiro atoms. The van der Waals surface area contributed by atoms with Crippen molar-refractivity contribution in [2.75, 3.05) is 13.1 Å². The van der Waals surface area contributed by atoms with Gasteiger partial charge in [-0.15, -0.1) is 0 Å². The van der Waals surface area contributed by atoms with E-state index in [4.69, 9.17) is 11.6 Å². The second kappa shape index (κ2) is 6.46. The number of rotatable bonds is 4. The highest BCUT2D eigenvalue weighted by Crippen LogP contribution is 2.25. The van der Waals surface area contributed by atoms with Crippen molar-refractivity contribution in [2.24, 2.45) is 13.0 Å². The molecule has 2 rings (SSSR count). The molecular weight excluding hydrogens is 272 g/mol. The summed E-state index contributed by atoms with van der Waals surface area (Å²) < 4.78 is 1.77. The minimum absolute atomic E-state index is 0.533. The molecule has 1 saturated heterocycles. The van der Waals surface area contributed by atoms with E-state index in [-0.39, 0.29) is 0 Å². The Kier molecular flexibility index (Phi) is 5.10. The third-order valence-corrected chi connectivity index (χ3v) is 5.06. The van der Waals surface area contributed by atoms with Crippen LogP contribution in [-0.2, 0) is 13.6 Å². The Hall–Kier alpha value is -0.580. The maximum atomic E-state index is 6.39. The van der Waals surface area contributed by atoms with Crippen molar-refractivity contribution in [2.45, 2.75) is 52.7 Å². The lowest BCUT2D eigenvalue weighted by molar-refractivity contribution is 0.0883. The van der Waals surface area contributed by atoms with Crippen molar-refractivity contribution < 1.29 is 0 Å². The van der Waals surface area contributed by atoms with E-state index < -0.39 is 0 Å². The van der Waals surface area contributed by atoms with Gasteiger partial charge in [0.15, 0.2) is 0 Å². The molecule has 4 nitrogen and oxygen atoms in total. The van der Waals surface area contributed by atoms with Gasteiger partial charge in [0.1, 0.15) is 5.15 Å². The van der Waals surface area contributed by atoms with Crippen LogP contribution in [0.2, 0.25) is 5.15 Å². The van der Waals surface area contributed by atoms with Gasteiger partial charge in [0.05, 0.1) is 5.69 Å². The van der Waals surface area contributed by atoms with Crippen molar-refractivity contribution in [1.29, 1.82) is 0 Å². The van der Waals surface area contributed by atoms with Gasteiger partial charge in [0.2, 0.25) is 0 Å². The van der Waals surface area contributed by atoms with Gasteiger partial charge in [-0.05, 0) is 19.8 Å². The SMILES string of the molecule is CCC(C)C1CNC(C)CN1Cc1c(C)nn(C)c1Cl. The zero-order valence-electron chi connectivity index (χ0n) is 13.3. The summed E-state index contributed by atoms with van der Waals surface area (Å²) in [7, 11) is 1.91. The predicted molar refractivity (Wildman–Crippen MR) is 84.1 cm³/mol. The molecule has 5 heteroatoms. The van der Waals surface area contributed by atoms with Crippen LogP contribution in [-0.4, -0.2) is 39.9 Å². The second-order valence-corrected chi connectivity index (χ2v) is 6.53. The number of halogens is 1. The third kappa shape index (κ3) is 3.18. The Morgan fingerprint density at radius 2 is 2.20 bits per heavy atom. The van der Waals surface area contributed by atoms with E-state index in [1.54, 1.807) is 4.68 Å². The zero-order chi connectivity index (χ0) is 14.9. The van der Waals surface area contributed by atoms with E-state index in [9.17, 15) is 0 Å². The number of aromatic nitrogens is 2. The van der Waals surface area contributed by atoms with Gasteiger partial charge in [0, 0.05) is 44.3 Å². The van der Waals surface area contributed by atoms with Crippen molar-refractivity contribution in [1.82, 2.24) is 20.0 Å². The van der Waals surface area contributed by atoms with Gasteiger partial charge in [0.25, 0.3) is 0 Å². The third-order valence-electron chi connectivity index (χ3n) is 4.58. The van der Waals surface area contributed by atoms with E-state index in [1.165, 1.54) is 12.0 Å². The Labute approximate surface area is 127 Å². The summed E-state index contributed by atoms with van der Waals surface area (Å²) in [6.07, 6.45) is 1.21. The van der Waals surface area contributed by atoms with E-state index in [0.717, 1.165) is 30.5 Å². The standard InChI is InChI=1S/C15H27ClN4/c1-6-10(2)14-7-17-11(3)8-20(14)9-13-12(4)18-19(5)15(13)16/h10-11,14,17H,6-9H2,1-5H3. The number of hydrogen-bond donors (Lipinski definition) is 1. The summed E-state index contributed by atoms with van der Waals surface area (Å²) in [5.74, 6) is 0.686. The van der Waals surface area contributed by atoms with Crippen LogP contribution < -0.4 is 5.32 Å². The van der Waals surface area contributed by atoms with Crippen LogP contribution in [0.3, 0.4) is 0 Å². The van der Waals surface area contributed by atoms with Crippen molar-refractivity contribution >= 4 is 11.6 Å². The van der Waals surface area contributed by atoms with Crippen LogP contribution in [0.15, 0.2) is 0 Å². The fraction of sp³-hybridized carbons (Fsp3) is 0.800. The first-order valence-corrected chi connectivity index (χ1v) is 7.97. The molecule has 1 fully saturated rings. The lowest BCUT2D eigenvalue weighted by atomic mass is 9.94. The zero-order valence-corrected chi connectivity index (χ0v) is 14.0. The van der Waals surface area contributed by atoms with Crippen LogP contribution in [0.25, 0.3) is 0 Å². The minimum atomic E-state index is 0.533. The molecule has 3 unspecified atom stereocenters. The molecule has 2 heterocycles. The van der Waals surface area contributed by atoms with Gasteiger partial charge in [-0.2, -0.15) is 5.10 Å². The van der Waals surface area contributed by atoms with Crippen molar-refractivity contribution in [3.63, 3.8) is 0 Å². The molecule has 114 valence electrons. The molecule has 3 atom stereocenters. The van der Waals surface area contributed by atoms with Crippen LogP contribution in [0.4, 0.5) is 0 Å². The highest BCUT2D eigenvalue weighted by molar-refractivity contribution is 6.30. The highest BCUT2D eigenvalue weighted by Gasteiger charge is 2.30. The van der Waals surface area contributed by atoms with E-state index in [0.29, 0.717) is 18.0 Å². The molecule has 0 saturated carbocycles. The van der Waals surface area contributed by atoms with Gasteiger partial charge in [-0.1, -0.05) is 31.9 Å². The highest BCUT2D eigenvalue weighted by atomic mass is 35.5. The number of nitrogens with one attached hydrogen (secondary N) is 1. The van der Waals surface area contributed by atoms with E-state index in [1.807, 2.05) is 14.0 Å². The summed E-state index contributed by atoms with van der Waals surface area (Å²) in [5.41, 5.74) is 2.23. The molecule has 1 aliphatic heterocycles. The Morgan fingerprint density at radius 1 is 1.50 bits per heavy atom. The average molecular weight is 299 g/mol. The number of aryl methyl sites for hydroxylation is 2. The summed E-state index contributed by atoms with van der Waals surface area (Å²) in [5, 5.41) is 8.80. The maximum Gasteiger partial charge on any atom is 0.131 e. The molecule has 0 aromatic carbocycles. The number of piperazine rings is 1. The lowest BCUT2D eigenvalue weighted by Crippen LogP contribution is -2.57. The first-order valence-electron chi connectivity index (χ1n) is 7.59. The topological polar surface area (TPSA) is 33.1 Å². The average Bonchev–Trinajstić information content (AvgIpc) is 2.65. The molecule has 0 bridgehead atoms. The quantitative estimate of drug-likeness (QED) is 0.927. The maximum absolute atomic E-state index is 6.39. The number of nitrogens with zero attached hydrogens (tertiary/aromatic N) is 3. The fourth-order valence-electron chi connectivity index (χ4n) is 3.07. The Morgan fingerprint density at radius 3 is 2.75 bits per heavy atom. The Balaban J connectivity index is 2.18. The van der Waals surface area contributed by atoms with Gasteiger partial charge in [-0.3, -0.25) is 9.58 Å². The fourth-order valence-corrected chi connectivity index (χ4v) is 3.31. The minimum Gasteiger partial charge on any atom is -0.311 e. The summed E-state index contributed by atoms with van der Waals surface area (Å²) in [6.45, 7) is 11.9. The molecule has 0 radical (unpaired) electrons. The van der Waals surface area contributed by atoms with Crippen LogP contribution in [0, 0.1) is 12.8 Å². The molecule has 20 heavy (non-hydrogen) atoms. The summed E-state index contributed by atoms with van der Waals surface area (Å²) >= 11 is 6.39. The van der Waals surface area contributed by atoms with E-state index >= 15 is 0 Å². The smallest absolute Gasteiger partial charge is 0.131 e. The van der Waals surface area contributed by atoms with Gasteiger partial charge in [-0.25, -0.2) is 0 Å². The second-order valence-electron chi connectivity index (χ2n) is 6.17. The predicted octanol–water partition coefficient (Wildman–Crippen LogP) is 2.59. The summed E-state index contributed by atoms with van der Waals surface area (Å²) in [6, 6.07) is 1.11. The number of hydrogen-bond acceptors (Lipinski definition) is 3. The normalized spacial score (nSPS) is 25.9. The molecule has 1 aliphatic rings. The molecule has 0 aliphatic carbocycles. The molecule has 1 aromatic rings. The molecule has 0 amide bonds. The first-order chi connectivity index (χ1) is 9.43. The van der Waals surface area contributed by atoms with Crippen molar-refractivity contribution in [3.05, 3.63) is 16.4 Å². The molecular formula is C15H27ClN4.